The maximum absolute atomic E-state index is 12.2. The van der Waals surface area contributed by atoms with Gasteiger partial charge in [-0.2, -0.15) is 17.6 Å². The van der Waals surface area contributed by atoms with Crippen molar-refractivity contribution < 1.29 is 30.8 Å². The van der Waals surface area contributed by atoms with Crippen LogP contribution in [0.2, 0.25) is 0 Å². The lowest BCUT2D eigenvalue weighted by Gasteiger charge is -2.06. The highest BCUT2D eigenvalue weighted by molar-refractivity contribution is 7.91. The van der Waals surface area contributed by atoms with E-state index in [4.69, 9.17) is 0 Å². The molecule has 4 nitrogen and oxygen atoms in total. The summed E-state index contributed by atoms with van der Waals surface area (Å²) in [6.45, 7) is 0. The van der Waals surface area contributed by atoms with Crippen molar-refractivity contribution in [1.82, 2.24) is 0 Å². The molecule has 0 spiro atoms. The van der Waals surface area contributed by atoms with Crippen LogP contribution in [0.4, 0.5) is 23.2 Å². The van der Waals surface area contributed by atoms with Gasteiger partial charge >= 0.3 is 12.2 Å². The zero-order chi connectivity index (χ0) is 13.9. The number of amides is 1. The standard InChI is InChI=1S/C9H7F4NO3S/c10-7(11)8(15)14-5-1-3-6(4-2-5)18(16,17)9(12)13/h1-4,7,9H,(H,14,15). The number of anilines is 1. The second-order valence-corrected chi connectivity index (χ2v) is 5.04. The summed E-state index contributed by atoms with van der Waals surface area (Å²) in [5.41, 5.74) is -0.117. The predicted octanol–water partition coefficient (Wildman–Crippen LogP) is 1.89. The molecule has 0 fully saturated rings. The summed E-state index contributed by atoms with van der Waals surface area (Å²) in [6, 6.07) is 3.47. The van der Waals surface area contributed by atoms with Crippen LogP contribution in [0.3, 0.4) is 0 Å². The van der Waals surface area contributed by atoms with Gasteiger partial charge in [0.2, 0.25) is 9.84 Å². The van der Waals surface area contributed by atoms with Crippen LogP contribution in [0.1, 0.15) is 0 Å². The summed E-state index contributed by atoms with van der Waals surface area (Å²) in [7, 11) is -4.73. The molecule has 0 aliphatic carbocycles. The molecule has 1 N–H and O–H groups in total. The van der Waals surface area contributed by atoms with Gasteiger partial charge in [0.05, 0.1) is 4.90 Å². The second kappa shape index (κ2) is 5.34. The highest BCUT2D eigenvalue weighted by Gasteiger charge is 2.26. The lowest BCUT2D eigenvalue weighted by molar-refractivity contribution is -0.126. The number of nitrogens with one attached hydrogen (secondary N) is 1. The Balaban J connectivity index is 2.91. The van der Waals surface area contributed by atoms with E-state index >= 15 is 0 Å². The van der Waals surface area contributed by atoms with Crippen molar-refractivity contribution in [3.8, 4) is 0 Å². The molecule has 0 heterocycles. The van der Waals surface area contributed by atoms with Gasteiger partial charge in [0.15, 0.2) is 0 Å². The van der Waals surface area contributed by atoms with E-state index in [9.17, 15) is 30.8 Å². The molecule has 0 saturated carbocycles. The van der Waals surface area contributed by atoms with E-state index in [1.165, 1.54) is 0 Å². The number of rotatable bonds is 4. The maximum Gasteiger partial charge on any atom is 0.341 e. The lowest BCUT2D eigenvalue weighted by atomic mass is 10.3. The number of benzene rings is 1. The van der Waals surface area contributed by atoms with Crippen LogP contribution < -0.4 is 5.32 Å². The largest absolute Gasteiger partial charge is 0.341 e. The Morgan fingerprint density at radius 2 is 1.56 bits per heavy atom. The van der Waals surface area contributed by atoms with Gasteiger partial charge in [-0.25, -0.2) is 8.42 Å². The predicted molar refractivity (Wildman–Crippen MR) is 54.3 cm³/mol. The Kier molecular flexibility index (Phi) is 4.28. The van der Waals surface area contributed by atoms with Crippen molar-refractivity contribution in [2.75, 3.05) is 5.32 Å². The number of hydrogen-bond donors (Lipinski definition) is 1. The van der Waals surface area contributed by atoms with Crippen molar-refractivity contribution in [1.29, 1.82) is 0 Å². The summed E-state index contributed by atoms with van der Waals surface area (Å²) < 4.78 is 70.1. The third-order valence-corrected chi connectivity index (χ3v) is 3.28. The van der Waals surface area contributed by atoms with Crippen LogP contribution in [0.15, 0.2) is 29.2 Å². The molecule has 0 bridgehead atoms. The van der Waals surface area contributed by atoms with Crippen LogP contribution >= 0.6 is 0 Å². The summed E-state index contributed by atoms with van der Waals surface area (Å²) in [5, 5.41) is 1.78. The highest BCUT2D eigenvalue weighted by Crippen LogP contribution is 2.20. The molecule has 1 rings (SSSR count). The van der Waals surface area contributed by atoms with Gasteiger partial charge in [-0.3, -0.25) is 4.79 Å². The van der Waals surface area contributed by atoms with Crippen molar-refractivity contribution in [2.45, 2.75) is 17.1 Å². The first-order chi connectivity index (χ1) is 8.25. The van der Waals surface area contributed by atoms with Crippen LogP contribution in [0.5, 0.6) is 0 Å². The topological polar surface area (TPSA) is 63.2 Å². The smallest absolute Gasteiger partial charge is 0.321 e. The number of alkyl halides is 4. The van der Waals surface area contributed by atoms with Gasteiger partial charge in [0, 0.05) is 5.69 Å². The van der Waals surface area contributed by atoms with Crippen molar-refractivity contribution in [3.63, 3.8) is 0 Å². The quantitative estimate of drug-likeness (QED) is 0.859. The maximum atomic E-state index is 12.2. The molecule has 9 heteroatoms. The second-order valence-electron chi connectivity index (χ2n) is 3.12. The average molecular weight is 285 g/mol. The number of sulfone groups is 1. The van der Waals surface area contributed by atoms with Gasteiger partial charge in [-0.05, 0) is 24.3 Å². The third-order valence-electron chi connectivity index (χ3n) is 1.88. The fourth-order valence-electron chi connectivity index (χ4n) is 1.03. The molecule has 0 atom stereocenters. The van der Waals surface area contributed by atoms with E-state index in [-0.39, 0.29) is 5.69 Å². The Morgan fingerprint density at radius 1 is 1.06 bits per heavy atom. The van der Waals surface area contributed by atoms with Crippen molar-refractivity contribution >= 4 is 21.4 Å². The fraction of sp³-hybridized carbons (Fsp3) is 0.222. The minimum atomic E-state index is -4.73. The summed E-state index contributed by atoms with van der Waals surface area (Å²) >= 11 is 0. The highest BCUT2D eigenvalue weighted by atomic mass is 32.2. The molecule has 0 aliphatic rings. The molecule has 0 radical (unpaired) electrons. The van der Waals surface area contributed by atoms with E-state index in [1.54, 1.807) is 5.32 Å². The van der Waals surface area contributed by atoms with Gasteiger partial charge in [-0.15, -0.1) is 0 Å². The molecular weight excluding hydrogens is 278 g/mol. The fourth-order valence-corrected chi connectivity index (χ4v) is 1.75. The monoisotopic (exact) mass is 285 g/mol. The Hall–Kier alpha value is -1.64. The minimum Gasteiger partial charge on any atom is -0.321 e. The van der Waals surface area contributed by atoms with Crippen LogP contribution in [0, 0.1) is 0 Å². The molecule has 1 amide bonds. The molecule has 18 heavy (non-hydrogen) atoms. The zero-order valence-corrected chi connectivity index (χ0v) is 9.43. The van der Waals surface area contributed by atoms with Gasteiger partial charge in [0.25, 0.3) is 5.91 Å². The first-order valence-corrected chi connectivity index (χ1v) is 6.01. The number of carbonyl (C=O) groups excluding carboxylic acids is 1. The summed E-state index contributed by atoms with van der Waals surface area (Å²) in [4.78, 5) is 9.94. The van der Waals surface area contributed by atoms with Crippen molar-refractivity contribution in [3.05, 3.63) is 24.3 Å². The SMILES string of the molecule is O=C(Nc1ccc(S(=O)(=O)C(F)F)cc1)C(F)F. The van der Waals surface area contributed by atoms with Gasteiger partial charge in [-0.1, -0.05) is 0 Å². The first kappa shape index (κ1) is 14.4. The Bertz CT molecular complexity index is 527. The molecular formula is C9H7F4NO3S. The normalized spacial score (nSPS) is 11.9. The van der Waals surface area contributed by atoms with Crippen LogP contribution in [-0.2, 0) is 14.6 Å². The molecule has 0 aromatic heterocycles. The molecule has 1 aromatic rings. The van der Waals surface area contributed by atoms with Gasteiger partial charge in [0.1, 0.15) is 0 Å². The number of hydrogen-bond acceptors (Lipinski definition) is 3. The van der Waals surface area contributed by atoms with Crippen LogP contribution in [0.25, 0.3) is 0 Å². The molecule has 0 aliphatic heterocycles. The molecule has 0 unspecified atom stereocenters. The first-order valence-electron chi connectivity index (χ1n) is 4.46. The van der Waals surface area contributed by atoms with E-state index in [0.717, 1.165) is 24.3 Å². The summed E-state index contributed by atoms with van der Waals surface area (Å²) in [5.74, 6) is -5.14. The van der Waals surface area contributed by atoms with E-state index in [1.807, 2.05) is 0 Å². The number of halogens is 4. The minimum absolute atomic E-state index is 0.117. The van der Waals surface area contributed by atoms with E-state index < -0.39 is 32.8 Å². The molecule has 100 valence electrons. The van der Waals surface area contributed by atoms with Gasteiger partial charge < -0.3 is 5.32 Å². The third kappa shape index (κ3) is 3.19. The summed E-state index contributed by atoms with van der Waals surface area (Å²) in [6.07, 6.45) is -3.23. The molecule has 1 aromatic carbocycles. The van der Waals surface area contributed by atoms with Crippen molar-refractivity contribution in [2.24, 2.45) is 0 Å². The molecule has 0 saturated heterocycles. The van der Waals surface area contributed by atoms with Crippen LogP contribution in [-0.4, -0.2) is 26.5 Å². The van der Waals surface area contributed by atoms with E-state index in [2.05, 4.69) is 0 Å². The zero-order valence-electron chi connectivity index (χ0n) is 8.61. The lowest BCUT2D eigenvalue weighted by Crippen LogP contribution is -2.20. The number of carbonyl (C=O) groups is 1. The Labute approximate surface area is 99.5 Å². The average Bonchev–Trinajstić information content (AvgIpc) is 2.29. The Morgan fingerprint density at radius 3 is 1.94 bits per heavy atom. The van der Waals surface area contributed by atoms with E-state index in [0.29, 0.717) is 0 Å².